The number of rotatable bonds is 0. The van der Waals surface area contributed by atoms with E-state index < -0.39 is 0 Å². The molecule has 0 unspecified atom stereocenters. The van der Waals surface area contributed by atoms with Gasteiger partial charge in [-0.25, -0.2) is 0 Å². The minimum Gasteiger partial charge on any atom is -0.322 e. The van der Waals surface area contributed by atoms with Crippen LogP contribution < -0.4 is 5.56 Å². The molecule has 3 heteroatoms. The maximum absolute atomic E-state index is 10.8. The molecule has 0 atom stereocenters. The van der Waals surface area contributed by atoms with Crippen LogP contribution in [0.2, 0.25) is 0 Å². The fourth-order valence-electron chi connectivity index (χ4n) is 1.10. The van der Waals surface area contributed by atoms with Crippen LogP contribution >= 0.6 is 0 Å². The van der Waals surface area contributed by atoms with Crippen molar-refractivity contribution in [3.05, 3.63) is 46.8 Å². The molecule has 1 aromatic heterocycles. The Balaban J connectivity index is 0.000000720. The van der Waals surface area contributed by atoms with Crippen molar-refractivity contribution in [1.29, 1.82) is 0 Å². The molecule has 2 nitrogen and oxygen atoms in total. The van der Waals surface area contributed by atoms with Crippen LogP contribution in [0.25, 0.3) is 10.9 Å². The summed E-state index contributed by atoms with van der Waals surface area (Å²) in [4.78, 5) is 13.6. The molecule has 0 saturated heterocycles. The predicted octanol–water partition coefficient (Wildman–Crippen LogP) is 1.53. The molecule has 1 radical (unpaired) electrons. The molecule has 1 N–H and O–H groups in total. The third-order valence-corrected chi connectivity index (χ3v) is 1.63. The largest absolute Gasteiger partial charge is 0.322 e. The van der Waals surface area contributed by atoms with Crippen LogP contribution in [-0.4, -0.2) is 4.98 Å². The number of nitrogens with one attached hydrogen (secondary N) is 1. The second-order valence-corrected chi connectivity index (χ2v) is 2.41. The van der Waals surface area contributed by atoms with E-state index in [1.165, 1.54) is 6.07 Å². The van der Waals surface area contributed by atoms with Gasteiger partial charge >= 0.3 is 0 Å². The summed E-state index contributed by atoms with van der Waals surface area (Å²) in [7, 11) is 0. The van der Waals surface area contributed by atoms with Gasteiger partial charge in [0.15, 0.2) is 0 Å². The number of hydrogen-bond donors (Lipinski definition) is 1. The maximum Gasteiger partial charge on any atom is 0.248 e. The molecule has 65 valence electrons. The molecule has 0 fully saturated rings. The van der Waals surface area contributed by atoms with Crippen molar-refractivity contribution in [1.82, 2.24) is 4.98 Å². The summed E-state index contributed by atoms with van der Waals surface area (Å²) in [6.07, 6.45) is 0. The first-order valence-electron chi connectivity index (χ1n) is 3.44. The van der Waals surface area contributed by atoms with E-state index in [0.29, 0.717) is 0 Å². The van der Waals surface area contributed by atoms with E-state index in [1.807, 2.05) is 30.3 Å². The number of para-hydroxylation sites is 1. The fourth-order valence-corrected chi connectivity index (χ4v) is 1.10. The molecule has 0 aliphatic carbocycles. The Kier molecular flexibility index (Phi) is 2.87. The molecule has 0 aliphatic heterocycles. The zero-order valence-corrected chi connectivity index (χ0v) is 8.34. The average molecular weight is 342 g/mol. The van der Waals surface area contributed by atoms with Gasteiger partial charge < -0.3 is 4.98 Å². The fraction of sp³-hybridized carbons (Fsp3) is 0. The average Bonchev–Trinajstić information content (AvgIpc) is 2.04. The van der Waals surface area contributed by atoms with Crippen LogP contribution in [0.15, 0.2) is 41.2 Å². The smallest absolute Gasteiger partial charge is 0.248 e. The minimum atomic E-state index is -0.0521. The van der Waals surface area contributed by atoms with Crippen LogP contribution in [0, 0.1) is 0 Å². The Hall–Kier alpha value is -0.830. The van der Waals surface area contributed by atoms with Crippen molar-refractivity contribution in [3.8, 4) is 0 Å². The maximum atomic E-state index is 10.8. The number of benzene rings is 1. The quantitative estimate of drug-likeness (QED) is 0.724. The van der Waals surface area contributed by atoms with Gasteiger partial charge in [-0.1, -0.05) is 18.2 Å². The normalized spacial score (nSPS) is 9.33. The summed E-state index contributed by atoms with van der Waals surface area (Å²) < 4.78 is 0. The first-order chi connectivity index (χ1) is 5.36. The van der Waals surface area contributed by atoms with Gasteiger partial charge in [-0.2, -0.15) is 0 Å². The van der Waals surface area contributed by atoms with Gasteiger partial charge in [0.1, 0.15) is 0 Å². The summed E-state index contributed by atoms with van der Waals surface area (Å²) in [5.41, 5.74) is 0.837. The molecule has 0 aliphatic rings. The van der Waals surface area contributed by atoms with E-state index in [4.69, 9.17) is 0 Å². The van der Waals surface area contributed by atoms with E-state index in [9.17, 15) is 4.79 Å². The first kappa shape index (κ1) is 9.26. The van der Waals surface area contributed by atoms with Crippen molar-refractivity contribution < 1.29 is 22.4 Å². The van der Waals surface area contributed by atoms with Gasteiger partial charge in [0.2, 0.25) is 5.56 Å². The van der Waals surface area contributed by atoms with Gasteiger partial charge in [0, 0.05) is 34.0 Å². The molecule has 1 heterocycles. The number of H-pyrrole nitrogens is 1. The molecule has 0 amide bonds. The molecular formula is C9H7AuNO. The van der Waals surface area contributed by atoms with Crippen LogP contribution in [-0.2, 0) is 22.4 Å². The van der Waals surface area contributed by atoms with Crippen molar-refractivity contribution in [3.63, 3.8) is 0 Å². The number of aromatic amines is 1. The third kappa shape index (κ3) is 1.67. The SMILES string of the molecule is O=c1ccc2ccccc2[nH]1.[Au]. The third-order valence-electron chi connectivity index (χ3n) is 1.63. The van der Waals surface area contributed by atoms with E-state index in [1.54, 1.807) is 0 Å². The van der Waals surface area contributed by atoms with Crippen LogP contribution in [0.4, 0.5) is 0 Å². The summed E-state index contributed by atoms with van der Waals surface area (Å²) >= 11 is 0. The van der Waals surface area contributed by atoms with Crippen LogP contribution in [0.3, 0.4) is 0 Å². The minimum absolute atomic E-state index is 0. The van der Waals surface area contributed by atoms with Crippen molar-refractivity contribution in [2.45, 2.75) is 0 Å². The molecule has 2 rings (SSSR count). The van der Waals surface area contributed by atoms with Crippen LogP contribution in [0.1, 0.15) is 0 Å². The number of fused-ring (bicyclic) bond motifs is 1. The predicted molar refractivity (Wildman–Crippen MR) is 44.6 cm³/mol. The number of hydrogen-bond acceptors (Lipinski definition) is 1. The molecule has 0 spiro atoms. The van der Waals surface area contributed by atoms with Gasteiger partial charge in [0.25, 0.3) is 0 Å². The zero-order chi connectivity index (χ0) is 7.68. The van der Waals surface area contributed by atoms with Gasteiger partial charge in [-0.05, 0) is 17.5 Å². The second-order valence-electron chi connectivity index (χ2n) is 2.41. The molecule has 0 saturated carbocycles. The van der Waals surface area contributed by atoms with E-state index in [0.717, 1.165) is 10.9 Å². The molecule has 0 bridgehead atoms. The zero-order valence-electron chi connectivity index (χ0n) is 6.17. The van der Waals surface area contributed by atoms with E-state index in [2.05, 4.69) is 4.98 Å². The van der Waals surface area contributed by atoms with E-state index in [-0.39, 0.29) is 27.9 Å². The van der Waals surface area contributed by atoms with Crippen molar-refractivity contribution in [2.75, 3.05) is 0 Å². The Morgan fingerprint density at radius 2 is 1.75 bits per heavy atom. The molecule has 12 heavy (non-hydrogen) atoms. The van der Waals surface area contributed by atoms with Crippen LogP contribution in [0.5, 0.6) is 0 Å². The second kappa shape index (κ2) is 3.72. The Morgan fingerprint density at radius 1 is 1.00 bits per heavy atom. The summed E-state index contributed by atoms with van der Waals surface area (Å²) in [5, 5.41) is 1.06. The van der Waals surface area contributed by atoms with Crippen molar-refractivity contribution >= 4 is 10.9 Å². The summed E-state index contributed by atoms with van der Waals surface area (Å²) in [6.45, 7) is 0. The molecule has 1 aromatic carbocycles. The standard InChI is InChI=1S/C9H7NO.Au/c11-9-6-5-7-3-1-2-4-8(7)10-9;/h1-6H,(H,10,11);. The Bertz CT molecular complexity index is 435. The Morgan fingerprint density at radius 3 is 2.58 bits per heavy atom. The summed E-state index contributed by atoms with van der Waals surface area (Å²) in [5.74, 6) is 0. The van der Waals surface area contributed by atoms with E-state index >= 15 is 0 Å². The molecule has 2 aromatic rings. The van der Waals surface area contributed by atoms with Gasteiger partial charge in [-0.3, -0.25) is 4.79 Å². The first-order valence-corrected chi connectivity index (χ1v) is 3.44. The molecular weight excluding hydrogens is 335 g/mol. The monoisotopic (exact) mass is 342 g/mol. The number of pyridine rings is 1. The Labute approximate surface area is 85.1 Å². The van der Waals surface area contributed by atoms with Gasteiger partial charge in [0.05, 0.1) is 0 Å². The van der Waals surface area contributed by atoms with Crippen molar-refractivity contribution in [2.24, 2.45) is 0 Å². The topological polar surface area (TPSA) is 32.9 Å². The number of aromatic nitrogens is 1. The van der Waals surface area contributed by atoms with Gasteiger partial charge in [-0.15, -0.1) is 0 Å². The summed E-state index contributed by atoms with van der Waals surface area (Å²) in [6, 6.07) is 11.0.